The average Bonchev–Trinajstić information content (AvgIpc) is 3.44. The predicted molar refractivity (Wildman–Crippen MR) is 137 cm³/mol. The Morgan fingerprint density at radius 2 is 1.75 bits per heavy atom. The number of nitrogens with one attached hydrogen (secondary N) is 1. The minimum atomic E-state index is -0.232. The van der Waals surface area contributed by atoms with Crippen molar-refractivity contribution < 1.29 is 9.59 Å². The number of aromatic amines is 1. The normalized spacial score (nSPS) is 17.4. The largest absolute Gasteiger partial charge is 0.341 e. The van der Waals surface area contributed by atoms with Crippen molar-refractivity contribution in [1.29, 1.82) is 0 Å². The molecule has 1 unspecified atom stereocenters. The number of pyridine rings is 1. The highest BCUT2D eigenvalue weighted by Gasteiger charge is 2.34. The molecule has 0 spiro atoms. The Kier molecular flexibility index (Phi) is 5.91. The molecule has 0 radical (unpaired) electrons. The number of H-pyrrole nitrogens is 1. The fourth-order valence-electron chi connectivity index (χ4n) is 5.31. The fraction of sp³-hybridized carbons (Fsp3) is 0.241. The maximum atomic E-state index is 12.7. The minimum absolute atomic E-state index is 0.173. The van der Waals surface area contributed by atoms with Crippen molar-refractivity contribution >= 4 is 22.8 Å². The number of aromatic nitrogens is 3. The fourth-order valence-corrected chi connectivity index (χ4v) is 5.31. The summed E-state index contributed by atoms with van der Waals surface area (Å²) < 4.78 is 0. The van der Waals surface area contributed by atoms with Gasteiger partial charge in [0, 0.05) is 19.3 Å². The van der Waals surface area contributed by atoms with Gasteiger partial charge in [-0.05, 0) is 55.2 Å². The van der Waals surface area contributed by atoms with Crippen LogP contribution in [0.4, 0.5) is 0 Å². The molecule has 2 aromatic carbocycles. The summed E-state index contributed by atoms with van der Waals surface area (Å²) in [5, 5.41) is 0. The van der Waals surface area contributed by atoms with Gasteiger partial charge < -0.3 is 4.98 Å². The number of hydrogen-bond acceptors (Lipinski definition) is 5. The van der Waals surface area contributed by atoms with Gasteiger partial charge in [0.2, 0.25) is 0 Å². The van der Waals surface area contributed by atoms with Crippen molar-refractivity contribution in [2.45, 2.75) is 31.8 Å². The molecule has 3 heterocycles. The van der Waals surface area contributed by atoms with Crippen LogP contribution in [0.15, 0.2) is 79.0 Å². The Balaban J connectivity index is 1.22. The molecule has 4 aromatic rings. The molecule has 2 aromatic heterocycles. The van der Waals surface area contributed by atoms with Crippen LogP contribution in [0, 0.1) is 0 Å². The number of amides is 2. The first-order chi connectivity index (χ1) is 17.7. The topological polar surface area (TPSA) is 82.2 Å². The van der Waals surface area contributed by atoms with E-state index < -0.39 is 0 Å². The molecular weight excluding hydrogens is 450 g/mol. The second-order valence-electron chi connectivity index (χ2n) is 9.32. The van der Waals surface area contributed by atoms with E-state index in [1.165, 1.54) is 10.5 Å². The van der Waals surface area contributed by atoms with E-state index in [4.69, 9.17) is 9.97 Å². The summed E-state index contributed by atoms with van der Waals surface area (Å²) in [6, 6.07) is 19.4. The molecule has 7 heteroatoms. The number of benzene rings is 2. The monoisotopic (exact) mass is 477 g/mol. The first-order valence-electron chi connectivity index (χ1n) is 12.4. The highest BCUT2D eigenvalue weighted by molar-refractivity contribution is 6.21. The van der Waals surface area contributed by atoms with Crippen molar-refractivity contribution in [3.63, 3.8) is 0 Å². The number of carbonyl (C=O) groups excluding carboxylic acids is 2. The lowest BCUT2D eigenvalue weighted by Gasteiger charge is -2.34. The SMILES string of the molecule is O=C1c2ccccc2C(=O)N1C/C=C/CN(Cc1nc2ccccc2[nH]1)C1CCCc2cccnc21. The lowest BCUT2D eigenvalue weighted by atomic mass is 9.90. The Morgan fingerprint density at radius 1 is 0.972 bits per heavy atom. The molecule has 1 N–H and O–H groups in total. The van der Waals surface area contributed by atoms with Crippen LogP contribution >= 0.6 is 0 Å². The molecule has 0 saturated carbocycles. The van der Waals surface area contributed by atoms with Crippen LogP contribution in [0.3, 0.4) is 0 Å². The summed E-state index contributed by atoms with van der Waals surface area (Å²) in [6.45, 7) is 1.55. The third kappa shape index (κ3) is 4.12. The van der Waals surface area contributed by atoms with Gasteiger partial charge in [-0.2, -0.15) is 0 Å². The summed E-state index contributed by atoms with van der Waals surface area (Å²) in [5.41, 5.74) is 5.37. The number of rotatable bonds is 7. The molecule has 36 heavy (non-hydrogen) atoms. The molecule has 1 atom stereocenters. The summed E-state index contributed by atoms with van der Waals surface area (Å²) in [5.74, 6) is 0.447. The van der Waals surface area contributed by atoms with Crippen LogP contribution in [0.25, 0.3) is 11.0 Å². The van der Waals surface area contributed by atoms with Crippen molar-refractivity contribution in [1.82, 2.24) is 24.8 Å². The quantitative estimate of drug-likeness (QED) is 0.308. The molecular formula is C29H27N5O2. The van der Waals surface area contributed by atoms with Crippen molar-refractivity contribution in [2.24, 2.45) is 0 Å². The predicted octanol–water partition coefficient (Wildman–Crippen LogP) is 4.69. The second-order valence-corrected chi connectivity index (χ2v) is 9.32. The van der Waals surface area contributed by atoms with Gasteiger partial charge in [0.15, 0.2) is 0 Å². The van der Waals surface area contributed by atoms with Crippen molar-refractivity contribution in [3.8, 4) is 0 Å². The summed E-state index contributed by atoms with van der Waals surface area (Å²) >= 11 is 0. The number of nitrogens with zero attached hydrogens (tertiary/aromatic N) is 4. The number of aryl methyl sites for hydroxylation is 1. The molecule has 6 rings (SSSR count). The van der Waals surface area contributed by atoms with E-state index >= 15 is 0 Å². The third-order valence-electron chi connectivity index (χ3n) is 7.07. The Morgan fingerprint density at radius 3 is 2.56 bits per heavy atom. The van der Waals surface area contributed by atoms with Gasteiger partial charge in [0.05, 0.1) is 40.4 Å². The van der Waals surface area contributed by atoms with Gasteiger partial charge in [-0.15, -0.1) is 0 Å². The molecule has 0 bridgehead atoms. The van der Waals surface area contributed by atoms with Gasteiger partial charge in [0.25, 0.3) is 11.8 Å². The van der Waals surface area contributed by atoms with Crippen LogP contribution in [-0.4, -0.2) is 49.7 Å². The van der Waals surface area contributed by atoms with E-state index in [-0.39, 0.29) is 24.4 Å². The van der Waals surface area contributed by atoms with E-state index in [0.717, 1.165) is 41.8 Å². The number of imide groups is 1. The molecule has 2 aliphatic rings. The average molecular weight is 478 g/mol. The van der Waals surface area contributed by atoms with Crippen LogP contribution in [-0.2, 0) is 13.0 Å². The van der Waals surface area contributed by atoms with Crippen LogP contribution in [0.1, 0.15) is 56.7 Å². The van der Waals surface area contributed by atoms with Gasteiger partial charge in [-0.3, -0.25) is 24.4 Å². The third-order valence-corrected chi connectivity index (χ3v) is 7.07. The summed E-state index contributed by atoms with van der Waals surface area (Å²) in [6.07, 6.45) is 9.01. The number of carbonyl (C=O) groups is 2. The minimum Gasteiger partial charge on any atom is -0.341 e. The number of fused-ring (bicyclic) bond motifs is 3. The van der Waals surface area contributed by atoms with Crippen molar-refractivity contribution in [3.05, 3.63) is 107 Å². The number of imidazole rings is 1. The lowest BCUT2D eigenvalue weighted by Crippen LogP contribution is -2.33. The highest BCUT2D eigenvalue weighted by atomic mass is 16.2. The zero-order valence-corrected chi connectivity index (χ0v) is 19.9. The number of para-hydroxylation sites is 2. The molecule has 7 nitrogen and oxygen atoms in total. The molecule has 1 aliphatic heterocycles. The molecule has 0 saturated heterocycles. The summed E-state index contributed by atoms with van der Waals surface area (Å²) in [7, 11) is 0. The molecule has 0 fully saturated rings. The van der Waals surface area contributed by atoms with Crippen LogP contribution in [0.5, 0.6) is 0 Å². The van der Waals surface area contributed by atoms with Gasteiger partial charge in [0.1, 0.15) is 5.82 Å². The lowest BCUT2D eigenvalue weighted by molar-refractivity contribution is 0.0671. The van der Waals surface area contributed by atoms with Crippen LogP contribution < -0.4 is 0 Å². The van der Waals surface area contributed by atoms with E-state index in [9.17, 15) is 9.59 Å². The van der Waals surface area contributed by atoms with Gasteiger partial charge >= 0.3 is 0 Å². The Hall–Kier alpha value is -4.10. The molecule has 180 valence electrons. The van der Waals surface area contributed by atoms with Gasteiger partial charge in [-0.25, -0.2) is 4.98 Å². The number of hydrogen-bond donors (Lipinski definition) is 1. The first-order valence-corrected chi connectivity index (χ1v) is 12.4. The zero-order valence-electron chi connectivity index (χ0n) is 19.9. The maximum absolute atomic E-state index is 12.7. The van der Waals surface area contributed by atoms with E-state index in [2.05, 4.69) is 16.0 Å². The Bertz CT molecular complexity index is 1410. The van der Waals surface area contributed by atoms with E-state index in [1.54, 1.807) is 24.3 Å². The van der Waals surface area contributed by atoms with E-state index in [0.29, 0.717) is 24.2 Å². The first kappa shape index (κ1) is 22.4. The molecule has 1 aliphatic carbocycles. The standard InChI is InChI=1S/C29H27N5O2/c35-28-21-11-1-2-12-22(21)29(36)34(28)18-6-5-17-33(19-26-31-23-13-3-4-14-24(23)32-26)25-15-7-9-20-10-8-16-30-27(20)25/h1-6,8,10-14,16,25H,7,9,15,17-19H2,(H,31,32)/b6-5+. The maximum Gasteiger partial charge on any atom is 0.261 e. The van der Waals surface area contributed by atoms with Crippen molar-refractivity contribution in [2.75, 3.05) is 13.1 Å². The summed E-state index contributed by atoms with van der Waals surface area (Å²) in [4.78, 5) is 42.1. The zero-order chi connectivity index (χ0) is 24.5. The smallest absolute Gasteiger partial charge is 0.261 e. The van der Waals surface area contributed by atoms with Gasteiger partial charge in [-0.1, -0.05) is 42.5 Å². The second kappa shape index (κ2) is 9.51. The Labute approximate surface area is 209 Å². The molecule has 2 amide bonds. The van der Waals surface area contributed by atoms with E-state index in [1.807, 2.05) is 48.7 Å². The highest BCUT2D eigenvalue weighted by Crippen LogP contribution is 2.33. The van der Waals surface area contributed by atoms with Crippen LogP contribution in [0.2, 0.25) is 0 Å².